The summed E-state index contributed by atoms with van der Waals surface area (Å²) < 4.78 is 0.850. The number of nitrogens with one attached hydrogen (secondary N) is 1. The molecule has 1 aliphatic rings. The van der Waals surface area contributed by atoms with Gasteiger partial charge in [0.25, 0.3) is 0 Å². The summed E-state index contributed by atoms with van der Waals surface area (Å²) in [5.41, 5.74) is 7.62. The van der Waals surface area contributed by atoms with Crippen LogP contribution in [0.2, 0.25) is 5.02 Å². The number of amides is 1. The van der Waals surface area contributed by atoms with Crippen molar-refractivity contribution < 1.29 is 4.79 Å². The Labute approximate surface area is 139 Å². The topological polar surface area (TPSA) is 55.1 Å². The molecular formula is C16H22BrClN2O. The highest BCUT2D eigenvalue weighted by Crippen LogP contribution is 2.39. The number of nitrogens with two attached hydrogens (primary N) is 1. The number of carbonyl (C=O) groups is 1. The molecule has 116 valence electrons. The number of halogens is 2. The highest BCUT2D eigenvalue weighted by molar-refractivity contribution is 9.10. The zero-order valence-corrected chi connectivity index (χ0v) is 14.7. The molecule has 1 aromatic carbocycles. The standard InChI is InChI=1S/C16H22BrClN2O/c1-11-7-12(17)14(8-13(11)18)20-15(21)9-16(10-19)5-3-2-4-6-16/h7-8H,2-6,9-10,19H2,1H3,(H,20,21). The third-order valence-electron chi connectivity index (χ3n) is 4.41. The molecule has 3 N–H and O–H groups in total. The Morgan fingerprint density at radius 1 is 1.38 bits per heavy atom. The van der Waals surface area contributed by atoms with Gasteiger partial charge in [0.05, 0.1) is 5.69 Å². The Kier molecular flexibility index (Phi) is 5.69. The van der Waals surface area contributed by atoms with Crippen molar-refractivity contribution in [1.29, 1.82) is 0 Å². The van der Waals surface area contributed by atoms with Crippen molar-refractivity contribution in [2.75, 3.05) is 11.9 Å². The van der Waals surface area contributed by atoms with Crippen LogP contribution in [-0.2, 0) is 4.79 Å². The third kappa shape index (κ3) is 4.21. The van der Waals surface area contributed by atoms with E-state index in [0.717, 1.165) is 28.6 Å². The lowest BCUT2D eigenvalue weighted by molar-refractivity contribution is -0.118. The molecule has 1 aliphatic carbocycles. The Morgan fingerprint density at radius 2 is 2.05 bits per heavy atom. The average molecular weight is 374 g/mol. The zero-order chi connectivity index (χ0) is 15.5. The SMILES string of the molecule is Cc1cc(Br)c(NC(=O)CC2(CN)CCCCC2)cc1Cl. The van der Waals surface area contributed by atoms with Crippen molar-refractivity contribution in [1.82, 2.24) is 0 Å². The molecule has 1 amide bonds. The van der Waals surface area contributed by atoms with Crippen molar-refractivity contribution in [3.63, 3.8) is 0 Å². The smallest absolute Gasteiger partial charge is 0.225 e. The van der Waals surface area contributed by atoms with Crippen LogP contribution >= 0.6 is 27.5 Å². The summed E-state index contributed by atoms with van der Waals surface area (Å²) in [6.07, 6.45) is 6.18. The molecule has 1 aromatic rings. The van der Waals surface area contributed by atoms with Gasteiger partial charge in [-0.1, -0.05) is 30.9 Å². The van der Waals surface area contributed by atoms with Gasteiger partial charge < -0.3 is 11.1 Å². The lowest BCUT2D eigenvalue weighted by Gasteiger charge is -2.35. The quantitative estimate of drug-likeness (QED) is 0.807. The molecule has 0 aromatic heterocycles. The molecule has 0 heterocycles. The molecule has 0 unspecified atom stereocenters. The lowest BCUT2D eigenvalue weighted by atomic mass is 9.71. The monoisotopic (exact) mass is 372 g/mol. The maximum Gasteiger partial charge on any atom is 0.225 e. The fourth-order valence-corrected chi connectivity index (χ4v) is 3.75. The molecule has 2 rings (SSSR count). The van der Waals surface area contributed by atoms with Crippen LogP contribution in [0, 0.1) is 12.3 Å². The molecular weight excluding hydrogens is 352 g/mol. The van der Waals surface area contributed by atoms with E-state index in [0.29, 0.717) is 18.0 Å². The molecule has 0 radical (unpaired) electrons. The fourth-order valence-electron chi connectivity index (χ4n) is 3.03. The number of hydrogen-bond acceptors (Lipinski definition) is 2. The third-order valence-corrected chi connectivity index (χ3v) is 5.47. The van der Waals surface area contributed by atoms with Gasteiger partial charge in [0.1, 0.15) is 0 Å². The molecule has 3 nitrogen and oxygen atoms in total. The maximum atomic E-state index is 12.4. The largest absolute Gasteiger partial charge is 0.330 e. The summed E-state index contributed by atoms with van der Waals surface area (Å²) in [7, 11) is 0. The molecule has 0 atom stereocenters. The summed E-state index contributed by atoms with van der Waals surface area (Å²) in [5, 5.41) is 3.61. The molecule has 21 heavy (non-hydrogen) atoms. The second-order valence-electron chi connectivity index (χ2n) is 6.07. The minimum absolute atomic E-state index is 0.0166. The van der Waals surface area contributed by atoms with E-state index in [1.165, 1.54) is 19.3 Å². The van der Waals surface area contributed by atoms with Crippen molar-refractivity contribution >= 4 is 39.1 Å². The van der Waals surface area contributed by atoms with Crippen molar-refractivity contribution in [3.05, 3.63) is 27.2 Å². The molecule has 1 saturated carbocycles. The molecule has 0 bridgehead atoms. The van der Waals surface area contributed by atoms with Crippen LogP contribution in [0.25, 0.3) is 0 Å². The molecule has 5 heteroatoms. The number of carbonyl (C=O) groups excluding carboxylic acids is 1. The van der Waals surface area contributed by atoms with Gasteiger partial charge in [0, 0.05) is 15.9 Å². The van der Waals surface area contributed by atoms with Crippen LogP contribution in [0.4, 0.5) is 5.69 Å². The minimum atomic E-state index is -0.0245. The van der Waals surface area contributed by atoms with E-state index in [4.69, 9.17) is 17.3 Å². The van der Waals surface area contributed by atoms with E-state index in [2.05, 4.69) is 21.2 Å². The number of rotatable bonds is 4. The Hall–Kier alpha value is -0.580. The van der Waals surface area contributed by atoms with E-state index in [9.17, 15) is 4.79 Å². The normalized spacial score (nSPS) is 17.5. The minimum Gasteiger partial charge on any atom is -0.330 e. The van der Waals surface area contributed by atoms with Crippen LogP contribution in [0.3, 0.4) is 0 Å². The highest BCUT2D eigenvalue weighted by atomic mass is 79.9. The predicted octanol–water partition coefficient (Wildman–Crippen LogP) is 4.65. The number of benzene rings is 1. The van der Waals surface area contributed by atoms with E-state index in [-0.39, 0.29) is 11.3 Å². The Balaban J connectivity index is 2.06. The van der Waals surface area contributed by atoms with Crippen molar-refractivity contribution in [2.24, 2.45) is 11.1 Å². The van der Waals surface area contributed by atoms with Crippen LogP contribution in [0.1, 0.15) is 44.1 Å². The summed E-state index contributed by atoms with van der Waals surface area (Å²) in [6, 6.07) is 3.70. The van der Waals surface area contributed by atoms with Gasteiger partial charge in [-0.2, -0.15) is 0 Å². The zero-order valence-electron chi connectivity index (χ0n) is 12.3. The van der Waals surface area contributed by atoms with Gasteiger partial charge in [-0.25, -0.2) is 0 Å². The van der Waals surface area contributed by atoms with Crippen molar-refractivity contribution in [3.8, 4) is 0 Å². The number of aryl methyl sites for hydroxylation is 1. The van der Waals surface area contributed by atoms with E-state index < -0.39 is 0 Å². The van der Waals surface area contributed by atoms with E-state index in [1.807, 2.05) is 13.0 Å². The van der Waals surface area contributed by atoms with Crippen LogP contribution in [-0.4, -0.2) is 12.5 Å². The first kappa shape index (κ1) is 16.8. The predicted molar refractivity (Wildman–Crippen MR) is 91.7 cm³/mol. The van der Waals surface area contributed by atoms with Gasteiger partial charge in [-0.3, -0.25) is 4.79 Å². The summed E-state index contributed by atoms with van der Waals surface area (Å²) in [4.78, 5) is 12.4. The summed E-state index contributed by atoms with van der Waals surface area (Å²) in [6.45, 7) is 2.51. The van der Waals surface area contributed by atoms with Gasteiger partial charge in [-0.15, -0.1) is 0 Å². The maximum absolute atomic E-state index is 12.4. The fraction of sp³-hybridized carbons (Fsp3) is 0.562. The Bertz CT molecular complexity index is 527. The second kappa shape index (κ2) is 7.12. The summed E-state index contributed by atoms with van der Waals surface area (Å²) in [5.74, 6) is 0.0166. The first-order chi connectivity index (χ1) is 9.96. The van der Waals surface area contributed by atoms with E-state index in [1.54, 1.807) is 6.07 Å². The van der Waals surface area contributed by atoms with Crippen LogP contribution in [0.5, 0.6) is 0 Å². The second-order valence-corrected chi connectivity index (χ2v) is 7.33. The number of anilines is 1. The lowest BCUT2D eigenvalue weighted by Crippen LogP contribution is -2.36. The van der Waals surface area contributed by atoms with Crippen LogP contribution < -0.4 is 11.1 Å². The number of hydrogen-bond donors (Lipinski definition) is 2. The van der Waals surface area contributed by atoms with Gasteiger partial charge in [0.15, 0.2) is 0 Å². The van der Waals surface area contributed by atoms with Crippen LogP contribution in [0.15, 0.2) is 16.6 Å². The van der Waals surface area contributed by atoms with Gasteiger partial charge in [-0.05, 0) is 65.4 Å². The highest BCUT2D eigenvalue weighted by Gasteiger charge is 2.33. The molecule has 0 spiro atoms. The molecule has 0 aliphatic heterocycles. The first-order valence-corrected chi connectivity index (χ1v) is 8.58. The average Bonchev–Trinajstić information content (AvgIpc) is 2.45. The molecule has 1 fully saturated rings. The van der Waals surface area contributed by atoms with Gasteiger partial charge in [0.2, 0.25) is 5.91 Å². The molecule has 0 saturated heterocycles. The summed E-state index contributed by atoms with van der Waals surface area (Å²) >= 11 is 9.59. The van der Waals surface area contributed by atoms with E-state index >= 15 is 0 Å². The van der Waals surface area contributed by atoms with Gasteiger partial charge >= 0.3 is 0 Å². The Morgan fingerprint density at radius 3 is 2.67 bits per heavy atom. The first-order valence-electron chi connectivity index (χ1n) is 7.41. The van der Waals surface area contributed by atoms with Crippen molar-refractivity contribution in [2.45, 2.75) is 45.4 Å².